The molecule has 0 atom stereocenters. The molecule has 0 N–H and O–H groups in total. The molecule has 0 amide bonds. The molecule has 12 heteroatoms. The molecule has 0 aliphatic carbocycles. The summed E-state index contributed by atoms with van der Waals surface area (Å²) < 4.78 is 49.2. The van der Waals surface area contributed by atoms with Crippen molar-refractivity contribution in [2.24, 2.45) is 0 Å². The topological polar surface area (TPSA) is 101 Å². The van der Waals surface area contributed by atoms with Gasteiger partial charge in [0.25, 0.3) is 0 Å². The average molecular weight is 622 g/mol. The highest BCUT2D eigenvalue weighted by atomic mass is 35.5. The minimum Gasteiger partial charge on any atom is -0.471 e. The summed E-state index contributed by atoms with van der Waals surface area (Å²) in [4.78, 5) is 29.8. The Morgan fingerprint density at radius 1 is 1.00 bits per heavy atom. The standard InChI is InChI=1S/C32H30ClF2N5O4/c1-32(2,3)44-31(41)19-8-9-26-27(13-19)40(10-11-42-4)29(38-26)14-20-12-24(35)22(15-23(20)34)25-6-5-7-30(39-25)43-18-21-16-37-28(33)17-36-21/h5-9,12-13,15-17H,10-11,14,18H2,1-4H3. The lowest BCUT2D eigenvalue weighted by Crippen LogP contribution is -2.23. The lowest BCUT2D eigenvalue weighted by molar-refractivity contribution is 0.00696. The van der Waals surface area contributed by atoms with Gasteiger partial charge in [-0.2, -0.15) is 0 Å². The van der Waals surface area contributed by atoms with Gasteiger partial charge in [0.1, 0.15) is 34.8 Å². The number of rotatable bonds is 10. The summed E-state index contributed by atoms with van der Waals surface area (Å²) in [5.74, 6) is -1.04. The van der Waals surface area contributed by atoms with Crippen molar-refractivity contribution in [2.45, 2.75) is 45.9 Å². The first-order chi connectivity index (χ1) is 21.0. The fourth-order valence-corrected chi connectivity index (χ4v) is 4.60. The minimum absolute atomic E-state index is 0.00189. The molecule has 0 spiro atoms. The molecule has 0 bridgehead atoms. The molecule has 3 aromatic heterocycles. The Morgan fingerprint density at radius 3 is 2.55 bits per heavy atom. The fraction of sp³-hybridized carbons (Fsp3) is 0.281. The summed E-state index contributed by atoms with van der Waals surface area (Å²) in [6.45, 7) is 6.19. The van der Waals surface area contributed by atoms with E-state index in [0.717, 1.165) is 12.1 Å². The van der Waals surface area contributed by atoms with Gasteiger partial charge in [-0.15, -0.1) is 0 Å². The number of pyridine rings is 1. The Kier molecular flexibility index (Phi) is 9.17. The smallest absolute Gasteiger partial charge is 0.338 e. The van der Waals surface area contributed by atoms with Gasteiger partial charge in [0.2, 0.25) is 5.88 Å². The van der Waals surface area contributed by atoms with Crippen LogP contribution in [0.3, 0.4) is 0 Å². The van der Waals surface area contributed by atoms with Crippen LogP contribution in [0.15, 0.2) is 60.9 Å². The molecular formula is C32H30ClF2N5O4. The molecule has 2 aromatic carbocycles. The zero-order valence-electron chi connectivity index (χ0n) is 24.6. The summed E-state index contributed by atoms with van der Waals surface area (Å²) in [5.41, 5.74) is 1.79. The average Bonchev–Trinajstić information content (AvgIpc) is 3.32. The molecule has 5 rings (SSSR count). The minimum atomic E-state index is -0.655. The Bertz CT molecular complexity index is 1810. The number of carbonyl (C=O) groups excluding carboxylic acids is 1. The number of benzene rings is 2. The molecule has 0 radical (unpaired) electrons. The van der Waals surface area contributed by atoms with Crippen LogP contribution in [0.5, 0.6) is 5.88 Å². The summed E-state index contributed by atoms with van der Waals surface area (Å²) in [6.07, 6.45) is 2.88. The zero-order chi connectivity index (χ0) is 31.4. The molecule has 0 unspecified atom stereocenters. The molecule has 228 valence electrons. The lowest BCUT2D eigenvalue weighted by Gasteiger charge is -2.19. The number of imidazole rings is 1. The van der Waals surface area contributed by atoms with Crippen LogP contribution in [0.4, 0.5) is 8.78 Å². The predicted octanol–water partition coefficient (Wildman–Crippen LogP) is 6.59. The number of esters is 1. The van der Waals surface area contributed by atoms with Gasteiger partial charge in [0.05, 0.1) is 47.0 Å². The molecular weight excluding hydrogens is 592 g/mol. The molecule has 0 saturated heterocycles. The van der Waals surface area contributed by atoms with E-state index in [1.54, 1.807) is 64.3 Å². The van der Waals surface area contributed by atoms with Gasteiger partial charge in [-0.3, -0.25) is 4.98 Å². The third kappa shape index (κ3) is 7.35. The number of hydrogen-bond acceptors (Lipinski definition) is 8. The highest BCUT2D eigenvalue weighted by Gasteiger charge is 2.21. The van der Waals surface area contributed by atoms with Crippen molar-refractivity contribution in [3.05, 3.63) is 100 Å². The first kappa shape index (κ1) is 31.0. The van der Waals surface area contributed by atoms with E-state index in [1.165, 1.54) is 12.4 Å². The number of ether oxygens (including phenoxy) is 3. The predicted molar refractivity (Wildman–Crippen MR) is 161 cm³/mol. The molecule has 5 aromatic rings. The van der Waals surface area contributed by atoms with E-state index in [2.05, 4.69) is 19.9 Å². The van der Waals surface area contributed by atoms with Crippen LogP contribution in [0.1, 0.15) is 48.2 Å². The van der Waals surface area contributed by atoms with Crippen molar-refractivity contribution < 1.29 is 27.8 Å². The number of carbonyl (C=O) groups is 1. The van der Waals surface area contributed by atoms with E-state index in [9.17, 15) is 4.79 Å². The van der Waals surface area contributed by atoms with Crippen LogP contribution < -0.4 is 4.74 Å². The van der Waals surface area contributed by atoms with Crippen molar-refractivity contribution in [1.82, 2.24) is 24.5 Å². The second kappa shape index (κ2) is 13.0. The second-order valence-corrected chi connectivity index (χ2v) is 11.3. The van der Waals surface area contributed by atoms with Gasteiger partial charge < -0.3 is 18.8 Å². The van der Waals surface area contributed by atoms with Gasteiger partial charge in [-0.25, -0.2) is 28.5 Å². The van der Waals surface area contributed by atoms with Gasteiger partial charge in [-0.05, 0) is 62.7 Å². The number of hydrogen-bond donors (Lipinski definition) is 0. The zero-order valence-corrected chi connectivity index (χ0v) is 25.4. The maximum atomic E-state index is 15.5. The molecule has 0 fully saturated rings. The van der Waals surface area contributed by atoms with E-state index >= 15 is 8.78 Å². The van der Waals surface area contributed by atoms with E-state index < -0.39 is 23.2 Å². The van der Waals surface area contributed by atoms with E-state index in [4.69, 9.17) is 25.8 Å². The molecule has 0 aliphatic rings. The van der Waals surface area contributed by atoms with Gasteiger partial charge in [0.15, 0.2) is 0 Å². The van der Waals surface area contributed by atoms with E-state index in [1.807, 2.05) is 4.57 Å². The molecule has 9 nitrogen and oxygen atoms in total. The molecule has 44 heavy (non-hydrogen) atoms. The van der Waals surface area contributed by atoms with Crippen LogP contribution in [0, 0.1) is 11.6 Å². The van der Waals surface area contributed by atoms with Crippen LogP contribution in [0.2, 0.25) is 5.15 Å². The van der Waals surface area contributed by atoms with E-state index in [0.29, 0.717) is 41.3 Å². The van der Waals surface area contributed by atoms with E-state index in [-0.39, 0.29) is 40.9 Å². The Balaban J connectivity index is 1.41. The highest BCUT2D eigenvalue weighted by Crippen LogP contribution is 2.28. The van der Waals surface area contributed by atoms with Crippen molar-refractivity contribution in [2.75, 3.05) is 13.7 Å². The number of aromatic nitrogens is 5. The molecule has 0 saturated carbocycles. The second-order valence-electron chi connectivity index (χ2n) is 11.0. The first-order valence-electron chi connectivity index (χ1n) is 13.8. The van der Waals surface area contributed by atoms with Crippen molar-refractivity contribution >= 4 is 28.6 Å². The van der Waals surface area contributed by atoms with Crippen molar-refractivity contribution in [1.29, 1.82) is 0 Å². The van der Waals surface area contributed by atoms with Gasteiger partial charge in [-0.1, -0.05) is 17.7 Å². The maximum absolute atomic E-state index is 15.5. The fourth-order valence-electron chi connectivity index (χ4n) is 4.50. The summed E-state index contributed by atoms with van der Waals surface area (Å²) >= 11 is 5.76. The number of nitrogens with zero attached hydrogens (tertiary/aromatic N) is 5. The van der Waals surface area contributed by atoms with Crippen LogP contribution >= 0.6 is 11.6 Å². The van der Waals surface area contributed by atoms with Crippen molar-refractivity contribution in [3.8, 4) is 17.1 Å². The summed E-state index contributed by atoms with van der Waals surface area (Å²) in [5, 5.41) is 0.259. The third-order valence-electron chi connectivity index (χ3n) is 6.51. The normalized spacial score (nSPS) is 11.6. The first-order valence-corrected chi connectivity index (χ1v) is 14.1. The van der Waals surface area contributed by atoms with Gasteiger partial charge >= 0.3 is 5.97 Å². The van der Waals surface area contributed by atoms with Gasteiger partial charge in [0, 0.05) is 31.7 Å². The Hall–Kier alpha value is -4.48. The molecule has 3 heterocycles. The quantitative estimate of drug-likeness (QED) is 0.161. The summed E-state index contributed by atoms with van der Waals surface area (Å²) in [7, 11) is 1.57. The van der Waals surface area contributed by atoms with Crippen LogP contribution in [-0.2, 0) is 29.0 Å². The van der Waals surface area contributed by atoms with Crippen LogP contribution in [-0.4, -0.2) is 49.8 Å². The van der Waals surface area contributed by atoms with Crippen molar-refractivity contribution in [3.63, 3.8) is 0 Å². The maximum Gasteiger partial charge on any atom is 0.338 e. The number of methoxy groups -OCH3 is 1. The SMILES string of the molecule is COCCn1c(Cc2cc(F)c(-c3cccc(OCc4cnc(Cl)cn4)n3)cc2F)nc2ccc(C(=O)OC(C)(C)C)cc21. The molecule has 0 aliphatic heterocycles. The largest absolute Gasteiger partial charge is 0.471 e. The number of halogens is 3. The Morgan fingerprint density at radius 2 is 1.82 bits per heavy atom. The number of fused-ring (bicyclic) bond motifs is 1. The lowest BCUT2D eigenvalue weighted by atomic mass is 10.0. The third-order valence-corrected chi connectivity index (χ3v) is 6.70. The summed E-state index contributed by atoms with van der Waals surface area (Å²) in [6, 6.07) is 12.1. The highest BCUT2D eigenvalue weighted by molar-refractivity contribution is 6.29. The monoisotopic (exact) mass is 621 g/mol. The van der Waals surface area contributed by atoms with Crippen LogP contribution in [0.25, 0.3) is 22.3 Å². The Labute approximate surface area is 257 Å².